The number of aliphatic hydroxyl groups is 1. The predicted molar refractivity (Wildman–Crippen MR) is 104 cm³/mol. The molecular weight excluding hydrogens is 294 g/mol. The Labute approximate surface area is 146 Å². The van der Waals surface area contributed by atoms with Crippen LogP contribution in [-0.2, 0) is 6.54 Å². The molecule has 1 rings (SSSR count). The number of nitrogens with zero attached hydrogens (tertiary/aromatic N) is 1. The Morgan fingerprint density at radius 2 is 2.00 bits per heavy atom. The molecule has 0 aliphatic rings. The van der Waals surface area contributed by atoms with Crippen molar-refractivity contribution in [2.24, 2.45) is 0 Å². The maximum Gasteiger partial charge on any atom is 0.0443 e. The topological polar surface area (TPSA) is 23.5 Å². The highest BCUT2D eigenvalue weighted by molar-refractivity contribution is 5.47. The average Bonchev–Trinajstić information content (AvgIpc) is 2.60. The maximum atomic E-state index is 9.15. The summed E-state index contributed by atoms with van der Waals surface area (Å²) >= 11 is 0. The van der Waals surface area contributed by atoms with Crippen LogP contribution in [0.1, 0.15) is 24.0 Å². The molecule has 0 amide bonds. The molecular formula is C22H27NO. The van der Waals surface area contributed by atoms with Gasteiger partial charge in [0.1, 0.15) is 0 Å². The Morgan fingerprint density at radius 3 is 2.58 bits per heavy atom. The molecule has 2 nitrogen and oxygen atoms in total. The first-order valence-corrected chi connectivity index (χ1v) is 8.20. The molecule has 2 heteroatoms. The molecule has 0 fully saturated rings. The summed E-state index contributed by atoms with van der Waals surface area (Å²) in [7, 11) is 0. The smallest absolute Gasteiger partial charge is 0.0443 e. The van der Waals surface area contributed by atoms with Crippen LogP contribution >= 0.6 is 0 Å². The predicted octanol–water partition coefficient (Wildman–Crippen LogP) is 4.21. The van der Waals surface area contributed by atoms with Crippen LogP contribution in [0.5, 0.6) is 0 Å². The van der Waals surface area contributed by atoms with Gasteiger partial charge in [-0.2, -0.15) is 0 Å². The van der Waals surface area contributed by atoms with Crippen molar-refractivity contribution in [2.75, 3.05) is 19.7 Å². The lowest BCUT2D eigenvalue weighted by Crippen LogP contribution is -2.27. The van der Waals surface area contributed by atoms with Crippen LogP contribution in [-0.4, -0.2) is 29.7 Å². The van der Waals surface area contributed by atoms with Crippen molar-refractivity contribution in [1.82, 2.24) is 4.90 Å². The number of hydrogen-bond donors (Lipinski definition) is 1. The summed E-state index contributed by atoms with van der Waals surface area (Å²) in [5, 5.41) is 9.15. The molecule has 0 aromatic heterocycles. The SMILES string of the molecule is C#C/C=C(\C=C/CC=C)CN(CCCO)Cc1ccc(C=C)cc1. The normalized spacial score (nSPS) is 11.6. The van der Waals surface area contributed by atoms with Crippen LogP contribution in [0.3, 0.4) is 0 Å². The van der Waals surface area contributed by atoms with Crippen molar-refractivity contribution < 1.29 is 5.11 Å². The molecule has 0 unspecified atom stereocenters. The maximum absolute atomic E-state index is 9.15. The van der Waals surface area contributed by atoms with Crippen LogP contribution in [0, 0.1) is 12.3 Å². The molecule has 1 aromatic rings. The quantitative estimate of drug-likeness (QED) is 0.375. The van der Waals surface area contributed by atoms with Crippen LogP contribution in [0.25, 0.3) is 6.08 Å². The summed E-state index contributed by atoms with van der Waals surface area (Å²) in [6.07, 6.45) is 16.6. The first-order valence-electron chi connectivity index (χ1n) is 8.20. The van der Waals surface area contributed by atoms with Crippen molar-refractivity contribution >= 4 is 6.08 Å². The van der Waals surface area contributed by atoms with Gasteiger partial charge in [0.15, 0.2) is 0 Å². The van der Waals surface area contributed by atoms with Gasteiger partial charge in [0.05, 0.1) is 0 Å². The lowest BCUT2D eigenvalue weighted by atomic mass is 10.1. The standard InChI is InChI=1S/C22H27NO/c1-4-7-8-11-21(10-5-2)18-23(16-9-17-24)19-22-14-12-20(6-3)13-15-22/h2,4,6,8,10-15,24H,1,3,7,9,16-19H2/b11-8-,21-10+. The van der Waals surface area contributed by atoms with E-state index in [1.54, 1.807) is 6.08 Å². The summed E-state index contributed by atoms with van der Waals surface area (Å²) < 4.78 is 0. The molecule has 126 valence electrons. The van der Waals surface area contributed by atoms with Crippen molar-refractivity contribution in [3.63, 3.8) is 0 Å². The van der Waals surface area contributed by atoms with Crippen LogP contribution in [0.2, 0.25) is 0 Å². The van der Waals surface area contributed by atoms with E-state index in [-0.39, 0.29) is 6.61 Å². The van der Waals surface area contributed by atoms with E-state index in [9.17, 15) is 0 Å². The summed E-state index contributed by atoms with van der Waals surface area (Å²) in [5.41, 5.74) is 3.43. The molecule has 24 heavy (non-hydrogen) atoms. The number of rotatable bonds is 11. The van der Waals surface area contributed by atoms with Gasteiger partial charge in [0.2, 0.25) is 0 Å². The second-order valence-electron chi connectivity index (χ2n) is 5.55. The fourth-order valence-electron chi connectivity index (χ4n) is 2.35. The molecule has 0 saturated heterocycles. The van der Waals surface area contributed by atoms with Crippen molar-refractivity contribution in [1.29, 1.82) is 0 Å². The van der Waals surface area contributed by atoms with Crippen LogP contribution < -0.4 is 0 Å². The molecule has 0 bridgehead atoms. The molecule has 0 heterocycles. The molecule has 0 atom stereocenters. The molecule has 1 N–H and O–H groups in total. The number of terminal acetylenes is 1. The van der Waals surface area contributed by atoms with E-state index in [2.05, 4.69) is 54.3 Å². The molecule has 0 spiro atoms. The van der Waals surface area contributed by atoms with Crippen molar-refractivity contribution in [3.05, 3.63) is 78.4 Å². The van der Waals surface area contributed by atoms with Crippen molar-refractivity contribution in [2.45, 2.75) is 19.4 Å². The summed E-state index contributed by atoms with van der Waals surface area (Å²) in [4.78, 5) is 2.29. The Kier molecular flexibility index (Phi) is 9.96. The van der Waals surface area contributed by atoms with Gasteiger partial charge in [0.25, 0.3) is 0 Å². The zero-order chi connectivity index (χ0) is 17.6. The van der Waals surface area contributed by atoms with Gasteiger partial charge in [-0.25, -0.2) is 0 Å². The van der Waals surface area contributed by atoms with Crippen LogP contribution in [0.15, 0.2) is 67.3 Å². The summed E-state index contributed by atoms with van der Waals surface area (Å²) in [6.45, 7) is 10.1. The van der Waals surface area contributed by atoms with E-state index in [0.717, 1.165) is 43.6 Å². The number of hydrogen-bond acceptors (Lipinski definition) is 2. The third-order valence-electron chi connectivity index (χ3n) is 3.56. The summed E-state index contributed by atoms with van der Waals surface area (Å²) in [5.74, 6) is 2.61. The Morgan fingerprint density at radius 1 is 1.25 bits per heavy atom. The van der Waals surface area contributed by atoms with Crippen molar-refractivity contribution in [3.8, 4) is 12.3 Å². The largest absolute Gasteiger partial charge is 0.396 e. The third-order valence-corrected chi connectivity index (χ3v) is 3.56. The van der Waals surface area contributed by atoms with E-state index in [0.29, 0.717) is 0 Å². The minimum atomic E-state index is 0.187. The zero-order valence-electron chi connectivity index (χ0n) is 14.3. The number of allylic oxidation sites excluding steroid dienone is 3. The molecule has 0 radical (unpaired) electrons. The summed E-state index contributed by atoms with van der Waals surface area (Å²) in [6, 6.07) is 8.35. The fourth-order valence-corrected chi connectivity index (χ4v) is 2.35. The van der Waals surface area contributed by atoms with Gasteiger partial charge in [-0.05, 0) is 35.6 Å². The molecule has 0 aliphatic heterocycles. The van der Waals surface area contributed by atoms with Gasteiger partial charge in [-0.3, -0.25) is 4.90 Å². The van der Waals surface area contributed by atoms with Gasteiger partial charge < -0.3 is 5.11 Å². The highest BCUT2D eigenvalue weighted by Crippen LogP contribution is 2.11. The monoisotopic (exact) mass is 321 g/mol. The number of aliphatic hydroxyl groups excluding tert-OH is 1. The first-order chi connectivity index (χ1) is 11.7. The lowest BCUT2D eigenvalue weighted by molar-refractivity contribution is 0.230. The fraction of sp³-hybridized carbons (Fsp3) is 0.273. The van der Waals surface area contributed by atoms with Gasteiger partial charge in [-0.1, -0.05) is 61.1 Å². The third kappa shape index (κ3) is 7.78. The molecule has 0 aliphatic carbocycles. The minimum Gasteiger partial charge on any atom is -0.396 e. The highest BCUT2D eigenvalue weighted by atomic mass is 16.3. The average molecular weight is 321 g/mol. The number of benzene rings is 1. The van der Waals surface area contributed by atoms with Gasteiger partial charge >= 0.3 is 0 Å². The lowest BCUT2D eigenvalue weighted by Gasteiger charge is -2.22. The Bertz CT molecular complexity index is 602. The van der Waals surface area contributed by atoms with E-state index in [1.165, 1.54) is 5.56 Å². The molecule has 1 aromatic carbocycles. The van der Waals surface area contributed by atoms with E-state index >= 15 is 0 Å². The second kappa shape index (κ2) is 12.1. The van der Waals surface area contributed by atoms with E-state index in [1.807, 2.05) is 18.2 Å². The van der Waals surface area contributed by atoms with Crippen LogP contribution in [0.4, 0.5) is 0 Å². The Balaban J connectivity index is 2.81. The van der Waals surface area contributed by atoms with Gasteiger partial charge in [0, 0.05) is 26.2 Å². The first kappa shape index (κ1) is 19.7. The van der Waals surface area contributed by atoms with Gasteiger partial charge in [-0.15, -0.1) is 13.0 Å². The van der Waals surface area contributed by atoms with E-state index < -0.39 is 0 Å². The van der Waals surface area contributed by atoms with E-state index in [4.69, 9.17) is 11.5 Å². The zero-order valence-corrected chi connectivity index (χ0v) is 14.3. The molecule has 0 saturated carbocycles. The Hall–Kier alpha value is -2.34. The second-order valence-corrected chi connectivity index (χ2v) is 5.55. The minimum absolute atomic E-state index is 0.187. The highest BCUT2D eigenvalue weighted by Gasteiger charge is 2.07.